The maximum Gasteiger partial charge on any atom is 0.0790 e. The molecule has 0 bridgehead atoms. The van der Waals surface area contributed by atoms with Crippen LogP contribution in [0.1, 0.15) is 31.0 Å². The Hall–Kier alpha value is -1.13. The molecular formula is C14H18BrN3. The van der Waals surface area contributed by atoms with Crippen LogP contribution in [0, 0.1) is 0 Å². The second-order valence-electron chi connectivity index (χ2n) is 4.61. The first-order valence-corrected chi connectivity index (χ1v) is 6.96. The maximum absolute atomic E-state index is 5.66. The number of nitrogens with zero attached hydrogens (tertiary/aromatic N) is 2. The van der Waals surface area contributed by atoms with E-state index < -0.39 is 0 Å². The van der Waals surface area contributed by atoms with Crippen LogP contribution in [0.4, 0.5) is 0 Å². The molecule has 3 nitrogen and oxygen atoms in total. The normalized spacial score (nSPS) is 11.2. The highest BCUT2D eigenvalue weighted by Crippen LogP contribution is 2.27. The number of halogens is 1. The van der Waals surface area contributed by atoms with E-state index in [4.69, 9.17) is 5.73 Å². The second-order valence-corrected chi connectivity index (χ2v) is 5.47. The molecule has 0 fully saturated rings. The van der Waals surface area contributed by atoms with Crippen LogP contribution in [0.5, 0.6) is 0 Å². The van der Waals surface area contributed by atoms with Gasteiger partial charge in [-0.2, -0.15) is 5.10 Å². The lowest BCUT2D eigenvalue weighted by molar-refractivity contribution is 0.722. The zero-order valence-corrected chi connectivity index (χ0v) is 12.3. The summed E-state index contributed by atoms with van der Waals surface area (Å²) in [5.41, 5.74) is 9.22. The van der Waals surface area contributed by atoms with Gasteiger partial charge in [-0.05, 0) is 52.5 Å². The Morgan fingerprint density at radius 3 is 2.67 bits per heavy atom. The molecule has 0 saturated carbocycles. The van der Waals surface area contributed by atoms with E-state index in [1.807, 2.05) is 29.1 Å². The average molecular weight is 308 g/mol. The molecule has 1 aromatic heterocycles. The van der Waals surface area contributed by atoms with E-state index >= 15 is 0 Å². The highest BCUT2D eigenvalue weighted by Gasteiger charge is 2.16. The lowest BCUT2D eigenvalue weighted by Crippen LogP contribution is -2.09. The molecule has 0 radical (unpaired) electrons. The topological polar surface area (TPSA) is 43.8 Å². The van der Waals surface area contributed by atoms with Crippen LogP contribution < -0.4 is 5.73 Å². The summed E-state index contributed by atoms with van der Waals surface area (Å²) in [5.74, 6) is 0.418. The van der Waals surface area contributed by atoms with E-state index in [-0.39, 0.29) is 0 Å². The third kappa shape index (κ3) is 2.49. The van der Waals surface area contributed by atoms with Gasteiger partial charge in [0.15, 0.2) is 0 Å². The number of nitrogens with two attached hydrogens (primary N) is 1. The van der Waals surface area contributed by atoms with E-state index in [1.54, 1.807) is 0 Å². The van der Waals surface area contributed by atoms with E-state index in [9.17, 15) is 0 Å². The first-order valence-electron chi connectivity index (χ1n) is 6.17. The first-order chi connectivity index (χ1) is 8.65. The van der Waals surface area contributed by atoms with Gasteiger partial charge in [0.1, 0.15) is 0 Å². The standard InChI is InChI=1S/C14H18BrN3/c1-10(2)14-11(7-8-16)9-17-18(14)13-6-4-3-5-12(13)15/h3-6,9-10H,7-8,16H2,1-2H3. The van der Waals surface area contributed by atoms with Crippen LogP contribution in [-0.4, -0.2) is 16.3 Å². The fraction of sp³-hybridized carbons (Fsp3) is 0.357. The molecule has 0 amide bonds. The molecule has 2 rings (SSSR count). The predicted octanol–water partition coefficient (Wildman–Crippen LogP) is 3.26. The molecule has 2 aromatic rings. The van der Waals surface area contributed by atoms with Gasteiger partial charge in [0.2, 0.25) is 0 Å². The summed E-state index contributed by atoms with van der Waals surface area (Å²) in [6, 6.07) is 8.13. The Morgan fingerprint density at radius 2 is 2.06 bits per heavy atom. The third-order valence-electron chi connectivity index (χ3n) is 2.93. The Kier molecular flexibility index (Phi) is 4.19. The third-order valence-corrected chi connectivity index (χ3v) is 3.60. The maximum atomic E-state index is 5.66. The number of aromatic nitrogens is 2. The van der Waals surface area contributed by atoms with Gasteiger partial charge < -0.3 is 5.73 Å². The summed E-state index contributed by atoms with van der Waals surface area (Å²) in [5, 5.41) is 4.52. The molecule has 18 heavy (non-hydrogen) atoms. The van der Waals surface area contributed by atoms with Crippen LogP contribution in [0.25, 0.3) is 5.69 Å². The average Bonchev–Trinajstić information content (AvgIpc) is 2.74. The molecule has 0 aliphatic heterocycles. The summed E-state index contributed by atoms with van der Waals surface area (Å²) >= 11 is 3.58. The van der Waals surface area contributed by atoms with E-state index in [2.05, 4.69) is 40.9 Å². The molecule has 0 spiro atoms. The van der Waals surface area contributed by atoms with Crippen molar-refractivity contribution in [3.63, 3.8) is 0 Å². The molecular weight excluding hydrogens is 290 g/mol. The van der Waals surface area contributed by atoms with Gasteiger partial charge in [0.05, 0.1) is 17.6 Å². The molecule has 4 heteroatoms. The van der Waals surface area contributed by atoms with E-state index in [1.165, 1.54) is 11.3 Å². The van der Waals surface area contributed by atoms with Crippen LogP contribution in [0.3, 0.4) is 0 Å². The van der Waals surface area contributed by atoms with E-state index in [0.717, 1.165) is 16.6 Å². The van der Waals surface area contributed by atoms with Gasteiger partial charge >= 0.3 is 0 Å². The lowest BCUT2D eigenvalue weighted by atomic mass is 10.0. The van der Waals surface area contributed by atoms with Crippen molar-refractivity contribution in [1.29, 1.82) is 0 Å². The second kappa shape index (κ2) is 5.67. The summed E-state index contributed by atoms with van der Waals surface area (Å²) in [4.78, 5) is 0. The van der Waals surface area contributed by atoms with Gasteiger partial charge in [-0.15, -0.1) is 0 Å². The number of benzene rings is 1. The van der Waals surface area contributed by atoms with Crippen molar-refractivity contribution >= 4 is 15.9 Å². The van der Waals surface area contributed by atoms with E-state index in [0.29, 0.717) is 12.5 Å². The summed E-state index contributed by atoms with van der Waals surface area (Å²) in [6.07, 6.45) is 2.81. The highest BCUT2D eigenvalue weighted by molar-refractivity contribution is 9.10. The largest absolute Gasteiger partial charge is 0.330 e. The van der Waals surface area contributed by atoms with Crippen LogP contribution in [-0.2, 0) is 6.42 Å². The van der Waals surface area contributed by atoms with Crippen LogP contribution in [0.2, 0.25) is 0 Å². The molecule has 1 heterocycles. The monoisotopic (exact) mass is 307 g/mol. The fourth-order valence-corrected chi connectivity index (χ4v) is 2.62. The van der Waals surface area contributed by atoms with Gasteiger partial charge in [-0.1, -0.05) is 26.0 Å². The molecule has 2 N–H and O–H groups in total. The molecule has 0 aliphatic rings. The molecule has 0 atom stereocenters. The lowest BCUT2D eigenvalue weighted by Gasteiger charge is -2.13. The number of para-hydroxylation sites is 1. The van der Waals surface area contributed by atoms with Crippen molar-refractivity contribution in [2.45, 2.75) is 26.2 Å². The minimum Gasteiger partial charge on any atom is -0.330 e. The predicted molar refractivity (Wildman–Crippen MR) is 78.1 cm³/mol. The van der Waals surface area contributed by atoms with Crippen molar-refractivity contribution < 1.29 is 0 Å². The molecule has 0 saturated heterocycles. The number of hydrogen-bond acceptors (Lipinski definition) is 2. The van der Waals surface area contributed by atoms with Crippen molar-refractivity contribution in [2.75, 3.05) is 6.54 Å². The minimum absolute atomic E-state index is 0.418. The zero-order chi connectivity index (χ0) is 13.1. The Labute approximate surface area is 116 Å². The summed E-state index contributed by atoms with van der Waals surface area (Å²) in [7, 11) is 0. The Balaban J connectivity index is 2.55. The SMILES string of the molecule is CC(C)c1c(CCN)cnn1-c1ccccc1Br. The van der Waals surface area contributed by atoms with Gasteiger partial charge in [0, 0.05) is 4.47 Å². The van der Waals surface area contributed by atoms with Crippen LogP contribution >= 0.6 is 15.9 Å². The number of hydrogen-bond donors (Lipinski definition) is 1. The van der Waals surface area contributed by atoms with Crippen molar-refractivity contribution in [3.8, 4) is 5.69 Å². The van der Waals surface area contributed by atoms with Gasteiger partial charge in [0.25, 0.3) is 0 Å². The zero-order valence-electron chi connectivity index (χ0n) is 10.7. The fourth-order valence-electron chi connectivity index (χ4n) is 2.17. The first kappa shape index (κ1) is 13.3. The van der Waals surface area contributed by atoms with Gasteiger partial charge in [-0.25, -0.2) is 4.68 Å². The summed E-state index contributed by atoms with van der Waals surface area (Å²) in [6.45, 7) is 5.02. The molecule has 0 unspecified atom stereocenters. The van der Waals surface area contributed by atoms with Crippen LogP contribution in [0.15, 0.2) is 34.9 Å². The Morgan fingerprint density at radius 1 is 1.33 bits per heavy atom. The molecule has 1 aromatic carbocycles. The quantitative estimate of drug-likeness (QED) is 0.942. The van der Waals surface area contributed by atoms with Crippen molar-refractivity contribution in [1.82, 2.24) is 9.78 Å². The molecule has 96 valence electrons. The number of rotatable bonds is 4. The Bertz CT molecular complexity index is 532. The van der Waals surface area contributed by atoms with Crippen molar-refractivity contribution in [2.24, 2.45) is 5.73 Å². The minimum atomic E-state index is 0.418. The molecule has 0 aliphatic carbocycles. The smallest absolute Gasteiger partial charge is 0.0790 e. The van der Waals surface area contributed by atoms with Gasteiger partial charge in [-0.3, -0.25) is 0 Å². The van der Waals surface area contributed by atoms with Crippen molar-refractivity contribution in [3.05, 3.63) is 46.2 Å². The highest BCUT2D eigenvalue weighted by atomic mass is 79.9. The summed E-state index contributed by atoms with van der Waals surface area (Å²) < 4.78 is 3.06.